The first kappa shape index (κ1) is 15.7. The molecule has 0 aliphatic heterocycles. The summed E-state index contributed by atoms with van der Waals surface area (Å²) in [5.74, 6) is -0.00159. The maximum absolute atomic E-state index is 12.4. The van der Waals surface area contributed by atoms with E-state index >= 15 is 0 Å². The zero-order valence-electron chi connectivity index (χ0n) is 13.0. The maximum atomic E-state index is 12.4. The summed E-state index contributed by atoms with van der Waals surface area (Å²) < 4.78 is 0. The number of hydrogen-bond acceptors (Lipinski definition) is 3. The van der Waals surface area contributed by atoms with E-state index in [1.165, 1.54) is 5.56 Å². The van der Waals surface area contributed by atoms with Crippen molar-refractivity contribution in [1.82, 2.24) is 10.2 Å². The molecule has 4 heteroatoms. The average Bonchev–Trinajstić information content (AvgIpc) is 2.95. The second kappa shape index (κ2) is 6.87. The van der Waals surface area contributed by atoms with Crippen LogP contribution in [-0.4, -0.2) is 31.4 Å². The molecule has 1 aromatic carbocycles. The van der Waals surface area contributed by atoms with Gasteiger partial charge in [0.1, 0.15) is 0 Å². The smallest absolute Gasteiger partial charge is 0.251 e. The van der Waals surface area contributed by atoms with Crippen molar-refractivity contribution in [2.24, 2.45) is 0 Å². The number of carbonyl (C=O) groups is 1. The minimum absolute atomic E-state index is 0.00159. The van der Waals surface area contributed by atoms with Crippen molar-refractivity contribution >= 4 is 17.2 Å². The molecule has 0 aliphatic carbocycles. The van der Waals surface area contributed by atoms with Gasteiger partial charge in [0.05, 0.1) is 6.04 Å². The van der Waals surface area contributed by atoms with Crippen LogP contribution in [0.15, 0.2) is 35.0 Å². The van der Waals surface area contributed by atoms with Crippen LogP contribution in [0.5, 0.6) is 0 Å². The minimum atomic E-state index is -0.00159. The van der Waals surface area contributed by atoms with Gasteiger partial charge in [-0.05, 0) is 62.0 Å². The molecule has 2 aromatic rings. The first-order chi connectivity index (χ1) is 9.99. The van der Waals surface area contributed by atoms with Gasteiger partial charge in [-0.15, -0.1) is 0 Å². The molecule has 0 unspecified atom stereocenters. The fraction of sp³-hybridized carbons (Fsp3) is 0.353. The predicted molar refractivity (Wildman–Crippen MR) is 89.0 cm³/mol. The number of nitrogens with one attached hydrogen (secondary N) is 1. The second-order valence-corrected chi connectivity index (χ2v) is 6.34. The van der Waals surface area contributed by atoms with E-state index < -0.39 is 0 Å². The van der Waals surface area contributed by atoms with Crippen molar-refractivity contribution in [1.29, 1.82) is 0 Å². The Morgan fingerprint density at radius 3 is 2.67 bits per heavy atom. The predicted octanol–water partition coefficient (Wildman–Crippen LogP) is 3.40. The first-order valence-corrected chi connectivity index (χ1v) is 7.97. The van der Waals surface area contributed by atoms with Gasteiger partial charge in [-0.3, -0.25) is 4.79 Å². The molecule has 3 nitrogen and oxygen atoms in total. The van der Waals surface area contributed by atoms with Crippen molar-refractivity contribution in [2.45, 2.75) is 19.9 Å². The molecule has 0 spiro atoms. The van der Waals surface area contributed by atoms with Crippen LogP contribution in [0.25, 0.3) is 0 Å². The van der Waals surface area contributed by atoms with Crippen LogP contribution in [-0.2, 0) is 0 Å². The van der Waals surface area contributed by atoms with E-state index in [2.05, 4.69) is 27.0 Å². The average molecular weight is 302 g/mol. The lowest BCUT2D eigenvalue weighted by atomic mass is 10.0. The number of rotatable bonds is 5. The Hall–Kier alpha value is -1.65. The monoisotopic (exact) mass is 302 g/mol. The summed E-state index contributed by atoms with van der Waals surface area (Å²) in [5, 5.41) is 7.26. The molecule has 21 heavy (non-hydrogen) atoms. The van der Waals surface area contributed by atoms with E-state index in [9.17, 15) is 4.79 Å². The molecule has 0 saturated carbocycles. The topological polar surface area (TPSA) is 32.3 Å². The Labute approximate surface area is 130 Å². The van der Waals surface area contributed by atoms with E-state index in [4.69, 9.17) is 0 Å². The van der Waals surface area contributed by atoms with Gasteiger partial charge < -0.3 is 10.2 Å². The lowest BCUT2D eigenvalue weighted by Crippen LogP contribution is -2.34. The highest BCUT2D eigenvalue weighted by molar-refractivity contribution is 7.07. The van der Waals surface area contributed by atoms with Crippen LogP contribution in [0.4, 0.5) is 0 Å². The van der Waals surface area contributed by atoms with E-state index in [1.54, 1.807) is 11.3 Å². The van der Waals surface area contributed by atoms with E-state index in [1.807, 2.05) is 46.1 Å². The summed E-state index contributed by atoms with van der Waals surface area (Å²) in [6, 6.07) is 8.27. The third-order valence-electron chi connectivity index (χ3n) is 3.64. The van der Waals surface area contributed by atoms with Crippen LogP contribution < -0.4 is 5.32 Å². The van der Waals surface area contributed by atoms with Crippen molar-refractivity contribution in [3.05, 3.63) is 57.3 Å². The number of amides is 1. The summed E-state index contributed by atoms with van der Waals surface area (Å²) in [6.07, 6.45) is 0. The Morgan fingerprint density at radius 2 is 2.05 bits per heavy atom. The van der Waals surface area contributed by atoms with Crippen molar-refractivity contribution in [3.63, 3.8) is 0 Å². The van der Waals surface area contributed by atoms with Gasteiger partial charge in [0, 0.05) is 12.1 Å². The number of nitrogens with zero attached hydrogens (tertiary/aromatic N) is 1. The Morgan fingerprint density at radius 1 is 1.29 bits per heavy atom. The Kier molecular flexibility index (Phi) is 5.15. The van der Waals surface area contributed by atoms with Crippen LogP contribution >= 0.6 is 11.3 Å². The number of benzene rings is 1. The number of thiophene rings is 1. The molecular weight excluding hydrogens is 280 g/mol. The molecule has 1 aromatic heterocycles. The van der Waals surface area contributed by atoms with Gasteiger partial charge in [0.15, 0.2) is 0 Å². The van der Waals surface area contributed by atoms with Gasteiger partial charge in [-0.2, -0.15) is 11.3 Å². The summed E-state index contributed by atoms with van der Waals surface area (Å²) in [5.41, 5.74) is 4.12. The van der Waals surface area contributed by atoms with Crippen LogP contribution in [0.3, 0.4) is 0 Å². The fourth-order valence-electron chi connectivity index (χ4n) is 2.33. The molecule has 1 N–H and O–H groups in total. The third-order valence-corrected chi connectivity index (χ3v) is 4.35. The first-order valence-electron chi connectivity index (χ1n) is 7.03. The zero-order chi connectivity index (χ0) is 15.4. The molecule has 2 rings (SSSR count). The summed E-state index contributed by atoms with van der Waals surface area (Å²) in [7, 11) is 4.07. The number of likely N-dealkylation sites (N-methyl/N-ethyl adjacent to an activating group) is 1. The molecule has 0 aliphatic rings. The van der Waals surface area contributed by atoms with Crippen LogP contribution in [0.1, 0.15) is 33.1 Å². The zero-order valence-corrected chi connectivity index (χ0v) is 13.8. The molecular formula is C17H22N2OS. The Bertz CT molecular complexity index is 605. The summed E-state index contributed by atoms with van der Waals surface area (Å²) in [6.45, 7) is 4.58. The van der Waals surface area contributed by atoms with E-state index in [0.717, 1.165) is 16.7 Å². The van der Waals surface area contributed by atoms with Gasteiger partial charge in [-0.1, -0.05) is 17.7 Å². The highest BCUT2D eigenvalue weighted by Crippen LogP contribution is 2.20. The second-order valence-electron chi connectivity index (χ2n) is 5.56. The molecule has 0 bridgehead atoms. The van der Waals surface area contributed by atoms with Crippen LogP contribution in [0.2, 0.25) is 0 Å². The largest absolute Gasteiger partial charge is 0.350 e. The molecule has 0 radical (unpaired) electrons. The molecule has 1 amide bonds. The molecule has 0 fully saturated rings. The number of aryl methyl sites for hydroxylation is 2. The molecule has 1 atom stereocenters. The Balaban J connectivity index is 2.07. The normalized spacial score (nSPS) is 12.4. The van der Waals surface area contributed by atoms with E-state index in [-0.39, 0.29) is 11.9 Å². The summed E-state index contributed by atoms with van der Waals surface area (Å²) in [4.78, 5) is 14.5. The number of hydrogen-bond donors (Lipinski definition) is 1. The highest BCUT2D eigenvalue weighted by atomic mass is 32.1. The fourth-order valence-corrected chi connectivity index (χ4v) is 3.04. The van der Waals surface area contributed by atoms with Gasteiger partial charge in [0.2, 0.25) is 0 Å². The number of carbonyl (C=O) groups excluding carboxylic acids is 1. The quantitative estimate of drug-likeness (QED) is 0.918. The molecule has 112 valence electrons. The summed E-state index contributed by atoms with van der Waals surface area (Å²) >= 11 is 1.68. The van der Waals surface area contributed by atoms with E-state index in [0.29, 0.717) is 6.54 Å². The SMILES string of the molecule is Cc1ccc(C)c(C(=O)NC[C@H](c2ccsc2)N(C)C)c1. The lowest BCUT2D eigenvalue weighted by Gasteiger charge is -2.24. The van der Waals surface area contributed by atoms with Gasteiger partial charge in [0.25, 0.3) is 5.91 Å². The molecule has 1 heterocycles. The minimum Gasteiger partial charge on any atom is -0.350 e. The standard InChI is InChI=1S/C17H22N2OS/c1-12-5-6-13(2)15(9-12)17(20)18-10-16(19(3)4)14-7-8-21-11-14/h5-9,11,16H,10H2,1-4H3,(H,18,20)/t16-/m1/s1. The van der Waals surface area contributed by atoms with Gasteiger partial charge >= 0.3 is 0 Å². The molecule has 0 saturated heterocycles. The van der Waals surface area contributed by atoms with Crippen molar-refractivity contribution in [3.8, 4) is 0 Å². The van der Waals surface area contributed by atoms with Crippen molar-refractivity contribution in [2.75, 3.05) is 20.6 Å². The van der Waals surface area contributed by atoms with Crippen LogP contribution in [0, 0.1) is 13.8 Å². The third kappa shape index (κ3) is 3.93. The van der Waals surface area contributed by atoms with Gasteiger partial charge in [-0.25, -0.2) is 0 Å². The maximum Gasteiger partial charge on any atom is 0.251 e. The highest BCUT2D eigenvalue weighted by Gasteiger charge is 2.17. The lowest BCUT2D eigenvalue weighted by molar-refractivity contribution is 0.0941. The van der Waals surface area contributed by atoms with Crippen molar-refractivity contribution < 1.29 is 4.79 Å².